The Hall–Kier alpha value is -0.850. The Labute approximate surface area is 151 Å². The molecule has 0 aromatic heterocycles. The van der Waals surface area contributed by atoms with Crippen LogP contribution in [-0.4, -0.2) is 68.6 Å². The maximum atomic E-state index is 12.0. The smallest absolute Gasteiger partial charge is 0.238 e. The number of likely N-dealkylation sites (N-methyl/N-ethyl adjacent to an activating group) is 1. The van der Waals surface area contributed by atoms with Gasteiger partial charge >= 0.3 is 0 Å². The van der Waals surface area contributed by atoms with Gasteiger partial charge in [0.25, 0.3) is 0 Å². The molecule has 1 saturated heterocycles. The van der Waals surface area contributed by atoms with Crippen LogP contribution in [0.25, 0.3) is 0 Å². The normalized spacial score (nSPS) is 14.7. The molecule has 23 heavy (non-hydrogen) atoms. The second-order valence-corrected chi connectivity index (χ2v) is 5.74. The second kappa shape index (κ2) is 11.6. The molecule has 0 bridgehead atoms. The Kier molecular flexibility index (Phi) is 11.2. The van der Waals surface area contributed by atoms with E-state index < -0.39 is 0 Å². The molecule has 7 heteroatoms. The molecule has 2 rings (SSSR count). The van der Waals surface area contributed by atoms with Gasteiger partial charge in [-0.05, 0) is 26.1 Å². The molecule has 0 atom stereocenters. The van der Waals surface area contributed by atoms with Crippen molar-refractivity contribution in [2.75, 3.05) is 58.2 Å². The van der Waals surface area contributed by atoms with Crippen LogP contribution in [0.5, 0.6) is 0 Å². The molecule has 5 nitrogen and oxygen atoms in total. The molecule has 1 fully saturated rings. The number of amides is 1. The van der Waals surface area contributed by atoms with Crippen molar-refractivity contribution in [1.29, 1.82) is 0 Å². The summed E-state index contributed by atoms with van der Waals surface area (Å²) in [6, 6.07) is 7.88. The monoisotopic (exact) mass is 362 g/mol. The molecule has 0 spiro atoms. The van der Waals surface area contributed by atoms with E-state index in [1.807, 2.05) is 38.2 Å². The molecule has 2 N–H and O–H groups in total. The fourth-order valence-corrected chi connectivity index (χ4v) is 2.41. The van der Waals surface area contributed by atoms with E-state index in [1.165, 1.54) is 5.56 Å². The van der Waals surface area contributed by atoms with Crippen molar-refractivity contribution >= 4 is 36.4 Å². The third-order valence-electron chi connectivity index (χ3n) is 3.76. The van der Waals surface area contributed by atoms with Gasteiger partial charge in [0.1, 0.15) is 0 Å². The Morgan fingerprint density at radius 3 is 2.43 bits per heavy atom. The molecule has 1 aromatic rings. The van der Waals surface area contributed by atoms with Crippen LogP contribution in [0.3, 0.4) is 0 Å². The van der Waals surface area contributed by atoms with Gasteiger partial charge in [-0.1, -0.05) is 17.7 Å². The van der Waals surface area contributed by atoms with Crippen molar-refractivity contribution in [3.63, 3.8) is 0 Å². The number of benzene rings is 1. The fourth-order valence-electron chi connectivity index (χ4n) is 2.41. The van der Waals surface area contributed by atoms with Crippen LogP contribution < -0.4 is 10.6 Å². The fraction of sp³-hybridized carbons (Fsp3) is 0.562. The third-order valence-corrected chi connectivity index (χ3v) is 3.76. The number of carbonyl (C=O) groups is 1. The van der Waals surface area contributed by atoms with E-state index in [-0.39, 0.29) is 30.7 Å². The molecule has 0 unspecified atom stereocenters. The van der Waals surface area contributed by atoms with E-state index in [4.69, 9.17) is 0 Å². The van der Waals surface area contributed by atoms with Crippen LogP contribution in [0.4, 0.5) is 5.69 Å². The summed E-state index contributed by atoms with van der Waals surface area (Å²) in [6.07, 6.45) is 0. The number of rotatable bonds is 6. The average molecular weight is 363 g/mol. The van der Waals surface area contributed by atoms with E-state index >= 15 is 0 Å². The van der Waals surface area contributed by atoms with Crippen molar-refractivity contribution in [2.24, 2.45) is 0 Å². The van der Waals surface area contributed by atoms with Crippen molar-refractivity contribution in [1.82, 2.24) is 15.1 Å². The summed E-state index contributed by atoms with van der Waals surface area (Å²) in [5, 5.41) is 6.28. The molecule has 0 aliphatic carbocycles. The van der Waals surface area contributed by atoms with Gasteiger partial charge in [-0.3, -0.25) is 14.6 Å². The quantitative estimate of drug-likeness (QED) is 0.806. The average Bonchev–Trinajstić information content (AvgIpc) is 2.48. The van der Waals surface area contributed by atoms with E-state index in [0.29, 0.717) is 6.54 Å². The van der Waals surface area contributed by atoms with Crippen LogP contribution >= 0.6 is 24.8 Å². The largest absolute Gasteiger partial charge is 0.325 e. The number of anilines is 1. The number of nitrogens with zero attached hydrogens (tertiary/aromatic N) is 2. The third kappa shape index (κ3) is 8.53. The van der Waals surface area contributed by atoms with Crippen molar-refractivity contribution < 1.29 is 4.79 Å². The van der Waals surface area contributed by atoms with Crippen LogP contribution in [0.1, 0.15) is 5.56 Å². The lowest BCUT2D eigenvalue weighted by atomic mass is 10.2. The number of aryl methyl sites for hydroxylation is 1. The van der Waals surface area contributed by atoms with E-state index in [9.17, 15) is 4.79 Å². The second-order valence-electron chi connectivity index (χ2n) is 5.74. The SMILES string of the molecule is Cc1ccc(NC(=O)CN(C)CCN2CCNCC2)cc1.Cl.Cl. The Morgan fingerprint density at radius 2 is 1.83 bits per heavy atom. The number of carbonyl (C=O) groups excluding carboxylic acids is 1. The van der Waals surface area contributed by atoms with E-state index in [1.54, 1.807) is 0 Å². The van der Waals surface area contributed by atoms with Gasteiger partial charge in [-0.15, -0.1) is 24.8 Å². The van der Waals surface area contributed by atoms with Gasteiger partial charge in [0, 0.05) is 45.0 Å². The lowest BCUT2D eigenvalue weighted by Gasteiger charge is -2.28. The number of halogens is 2. The lowest BCUT2D eigenvalue weighted by Crippen LogP contribution is -2.46. The number of hydrogen-bond acceptors (Lipinski definition) is 4. The summed E-state index contributed by atoms with van der Waals surface area (Å²) >= 11 is 0. The molecule has 1 aliphatic rings. The van der Waals surface area contributed by atoms with Gasteiger partial charge in [-0.2, -0.15) is 0 Å². The van der Waals surface area contributed by atoms with Gasteiger partial charge in [0.15, 0.2) is 0 Å². The Balaban J connectivity index is 0.00000242. The Morgan fingerprint density at radius 1 is 1.22 bits per heavy atom. The molecule has 132 valence electrons. The van der Waals surface area contributed by atoms with E-state index in [2.05, 4.69) is 20.4 Å². The highest BCUT2D eigenvalue weighted by atomic mass is 35.5. The first-order valence-electron chi connectivity index (χ1n) is 7.61. The number of hydrogen-bond donors (Lipinski definition) is 2. The molecule has 0 saturated carbocycles. The maximum absolute atomic E-state index is 12.0. The van der Waals surface area contributed by atoms with Crippen LogP contribution in [-0.2, 0) is 4.79 Å². The zero-order valence-electron chi connectivity index (χ0n) is 13.9. The first kappa shape index (κ1) is 22.1. The molecular weight excluding hydrogens is 335 g/mol. The highest BCUT2D eigenvalue weighted by molar-refractivity contribution is 5.92. The van der Waals surface area contributed by atoms with Gasteiger partial charge < -0.3 is 10.6 Å². The van der Waals surface area contributed by atoms with E-state index in [0.717, 1.165) is 45.0 Å². The maximum Gasteiger partial charge on any atom is 0.238 e. The van der Waals surface area contributed by atoms with Crippen LogP contribution in [0, 0.1) is 6.92 Å². The molecule has 1 amide bonds. The summed E-state index contributed by atoms with van der Waals surface area (Å²) < 4.78 is 0. The highest BCUT2D eigenvalue weighted by Crippen LogP contribution is 2.08. The minimum absolute atomic E-state index is 0. The van der Waals surface area contributed by atoms with Crippen molar-refractivity contribution in [3.8, 4) is 0 Å². The van der Waals surface area contributed by atoms with Crippen LogP contribution in [0.2, 0.25) is 0 Å². The lowest BCUT2D eigenvalue weighted by molar-refractivity contribution is -0.117. The minimum Gasteiger partial charge on any atom is -0.325 e. The standard InChI is InChI=1S/C16H26N4O.2ClH/c1-14-3-5-15(6-4-14)18-16(21)13-19(2)11-12-20-9-7-17-8-10-20;;/h3-6,17H,7-13H2,1-2H3,(H,18,21);2*1H. The molecular formula is C16H28Cl2N4O. The first-order chi connectivity index (χ1) is 10.1. The van der Waals surface area contributed by atoms with Gasteiger partial charge in [0.2, 0.25) is 5.91 Å². The van der Waals surface area contributed by atoms with Crippen molar-refractivity contribution in [2.45, 2.75) is 6.92 Å². The molecule has 1 aromatic carbocycles. The van der Waals surface area contributed by atoms with Gasteiger partial charge in [0.05, 0.1) is 6.54 Å². The molecule has 1 aliphatic heterocycles. The molecule has 1 heterocycles. The topological polar surface area (TPSA) is 47.6 Å². The zero-order valence-corrected chi connectivity index (χ0v) is 15.5. The number of piperazine rings is 1. The molecule has 0 radical (unpaired) electrons. The summed E-state index contributed by atoms with van der Waals surface area (Å²) in [7, 11) is 2.00. The Bertz CT molecular complexity index is 450. The summed E-state index contributed by atoms with van der Waals surface area (Å²) in [6.45, 7) is 8.74. The first-order valence-corrected chi connectivity index (χ1v) is 7.61. The zero-order chi connectivity index (χ0) is 15.1. The summed E-state index contributed by atoms with van der Waals surface area (Å²) in [5.74, 6) is 0.0432. The summed E-state index contributed by atoms with van der Waals surface area (Å²) in [5.41, 5.74) is 2.06. The predicted octanol–water partition coefficient (Wildman–Crippen LogP) is 1.61. The minimum atomic E-state index is 0. The van der Waals surface area contributed by atoms with Crippen molar-refractivity contribution in [3.05, 3.63) is 29.8 Å². The van der Waals surface area contributed by atoms with Gasteiger partial charge in [-0.25, -0.2) is 0 Å². The van der Waals surface area contributed by atoms with Crippen LogP contribution in [0.15, 0.2) is 24.3 Å². The summed E-state index contributed by atoms with van der Waals surface area (Å²) in [4.78, 5) is 16.5. The predicted molar refractivity (Wildman–Crippen MR) is 101 cm³/mol. The highest BCUT2D eigenvalue weighted by Gasteiger charge is 2.11. The number of nitrogens with one attached hydrogen (secondary N) is 2.